The molecule has 1 aliphatic rings. The highest BCUT2D eigenvalue weighted by molar-refractivity contribution is 5.77. The maximum atomic E-state index is 6.03. The topological polar surface area (TPSA) is 51.6 Å². The number of morpholine rings is 1. The second-order valence-corrected chi connectivity index (χ2v) is 5.31. The molecule has 108 valence electrons. The van der Waals surface area contributed by atoms with Crippen molar-refractivity contribution >= 4 is 11.0 Å². The molecule has 0 bridgehead atoms. The minimum atomic E-state index is 0.135. The van der Waals surface area contributed by atoms with Gasteiger partial charge in [0.05, 0.1) is 19.3 Å². The molecule has 0 spiro atoms. The lowest BCUT2D eigenvalue weighted by molar-refractivity contribution is -0.0326. The van der Waals surface area contributed by atoms with Gasteiger partial charge in [-0.25, -0.2) is 0 Å². The van der Waals surface area contributed by atoms with Crippen molar-refractivity contribution in [1.82, 2.24) is 4.90 Å². The Balaban J connectivity index is 1.91. The SMILES string of the molecule is CCC1COCCN1C(CN)c1cc2ccccc2o1. The molecule has 4 nitrogen and oxygen atoms in total. The fraction of sp³-hybridized carbons (Fsp3) is 0.500. The van der Waals surface area contributed by atoms with Crippen molar-refractivity contribution < 1.29 is 9.15 Å². The number of benzene rings is 1. The first-order chi connectivity index (χ1) is 9.83. The van der Waals surface area contributed by atoms with E-state index >= 15 is 0 Å². The van der Waals surface area contributed by atoms with Gasteiger partial charge < -0.3 is 14.9 Å². The van der Waals surface area contributed by atoms with Crippen LogP contribution in [0.2, 0.25) is 0 Å². The second-order valence-electron chi connectivity index (χ2n) is 5.31. The lowest BCUT2D eigenvalue weighted by Crippen LogP contribution is -2.48. The minimum Gasteiger partial charge on any atom is -0.459 e. The Hall–Kier alpha value is -1.36. The van der Waals surface area contributed by atoms with Gasteiger partial charge in [0.1, 0.15) is 11.3 Å². The van der Waals surface area contributed by atoms with E-state index in [4.69, 9.17) is 14.9 Å². The maximum Gasteiger partial charge on any atom is 0.134 e. The lowest BCUT2D eigenvalue weighted by atomic mass is 10.1. The quantitative estimate of drug-likeness (QED) is 0.931. The van der Waals surface area contributed by atoms with Gasteiger partial charge in [0.25, 0.3) is 0 Å². The fourth-order valence-electron chi connectivity index (χ4n) is 3.01. The van der Waals surface area contributed by atoms with Gasteiger partial charge in [0, 0.05) is 24.5 Å². The third-order valence-corrected chi connectivity index (χ3v) is 4.14. The molecule has 2 heterocycles. The summed E-state index contributed by atoms with van der Waals surface area (Å²) in [7, 11) is 0. The van der Waals surface area contributed by atoms with E-state index in [0.717, 1.165) is 42.9 Å². The Morgan fingerprint density at radius 2 is 2.25 bits per heavy atom. The van der Waals surface area contributed by atoms with Crippen LogP contribution in [0.3, 0.4) is 0 Å². The summed E-state index contributed by atoms with van der Waals surface area (Å²) in [6, 6.07) is 10.8. The zero-order valence-corrected chi connectivity index (χ0v) is 11.9. The Morgan fingerprint density at radius 3 is 3.00 bits per heavy atom. The van der Waals surface area contributed by atoms with Gasteiger partial charge in [-0.2, -0.15) is 0 Å². The van der Waals surface area contributed by atoms with Crippen molar-refractivity contribution in [2.75, 3.05) is 26.3 Å². The first kappa shape index (κ1) is 13.6. The van der Waals surface area contributed by atoms with Crippen LogP contribution >= 0.6 is 0 Å². The van der Waals surface area contributed by atoms with Crippen molar-refractivity contribution in [1.29, 1.82) is 0 Å². The Morgan fingerprint density at radius 1 is 1.40 bits per heavy atom. The molecule has 3 rings (SSSR count). The molecule has 1 fully saturated rings. The first-order valence-corrected chi connectivity index (χ1v) is 7.35. The van der Waals surface area contributed by atoms with Crippen LogP contribution in [-0.4, -0.2) is 37.2 Å². The number of ether oxygens (including phenoxy) is 1. The molecule has 0 saturated carbocycles. The highest BCUT2D eigenvalue weighted by atomic mass is 16.5. The normalized spacial score (nSPS) is 22.2. The van der Waals surface area contributed by atoms with Gasteiger partial charge in [0.15, 0.2) is 0 Å². The molecule has 1 saturated heterocycles. The molecular formula is C16H22N2O2. The molecule has 0 aliphatic carbocycles. The van der Waals surface area contributed by atoms with Crippen LogP contribution in [0.4, 0.5) is 0 Å². The van der Waals surface area contributed by atoms with Crippen LogP contribution in [0.5, 0.6) is 0 Å². The number of para-hydroxylation sites is 1. The van der Waals surface area contributed by atoms with E-state index < -0.39 is 0 Å². The highest BCUT2D eigenvalue weighted by Gasteiger charge is 2.30. The predicted molar refractivity (Wildman–Crippen MR) is 79.6 cm³/mol. The monoisotopic (exact) mass is 274 g/mol. The maximum absolute atomic E-state index is 6.03. The molecule has 2 N–H and O–H groups in total. The summed E-state index contributed by atoms with van der Waals surface area (Å²) in [5, 5.41) is 1.14. The number of rotatable bonds is 4. The Bertz CT molecular complexity index is 533. The zero-order chi connectivity index (χ0) is 13.9. The molecule has 1 aromatic carbocycles. The van der Waals surface area contributed by atoms with Crippen LogP contribution in [0, 0.1) is 0 Å². The fourth-order valence-corrected chi connectivity index (χ4v) is 3.01. The molecule has 2 unspecified atom stereocenters. The molecule has 20 heavy (non-hydrogen) atoms. The van der Waals surface area contributed by atoms with Gasteiger partial charge in [-0.05, 0) is 18.6 Å². The molecule has 1 aromatic heterocycles. The van der Waals surface area contributed by atoms with Crippen molar-refractivity contribution in [2.24, 2.45) is 5.73 Å². The smallest absolute Gasteiger partial charge is 0.134 e. The van der Waals surface area contributed by atoms with Crippen molar-refractivity contribution in [2.45, 2.75) is 25.4 Å². The number of hydrogen-bond acceptors (Lipinski definition) is 4. The van der Waals surface area contributed by atoms with Gasteiger partial charge in [-0.3, -0.25) is 4.90 Å². The Kier molecular flexibility index (Phi) is 4.05. The van der Waals surface area contributed by atoms with Crippen LogP contribution in [0.1, 0.15) is 25.1 Å². The largest absolute Gasteiger partial charge is 0.459 e. The summed E-state index contributed by atoms with van der Waals surface area (Å²) in [4.78, 5) is 2.43. The van der Waals surface area contributed by atoms with E-state index in [9.17, 15) is 0 Å². The number of fused-ring (bicyclic) bond motifs is 1. The van der Waals surface area contributed by atoms with Crippen LogP contribution < -0.4 is 5.73 Å². The van der Waals surface area contributed by atoms with Gasteiger partial charge in [0.2, 0.25) is 0 Å². The summed E-state index contributed by atoms with van der Waals surface area (Å²) < 4.78 is 11.6. The van der Waals surface area contributed by atoms with Crippen LogP contribution in [0.25, 0.3) is 11.0 Å². The number of hydrogen-bond donors (Lipinski definition) is 1. The van der Waals surface area contributed by atoms with E-state index in [1.807, 2.05) is 18.2 Å². The summed E-state index contributed by atoms with van der Waals surface area (Å²) in [6.45, 7) is 5.23. The standard InChI is InChI=1S/C16H22N2O2/c1-2-13-11-19-8-7-18(13)14(10-17)16-9-12-5-3-4-6-15(12)20-16/h3-6,9,13-14H,2,7-8,10-11,17H2,1H3. The lowest BCUT2D eigenvalue weighted by Gasteiger charge is -2.39. The van der Waals surface area contributed by atoms with Crippen molar-refractivity contribution in [3.05, 3.63) is 36.1 Å². The average molecular weight is 274 g/mol. The van der Waals surface area contributed by atoms with E-state index in [1.165, 1.54) is 0 Å². The summed E-state index contributed by atoms with van der Waals surface area (Å²) in [6.07, 6.45) is 1.07. The van der Waals surface area contributed by atoms with E-state index in [-0.39, 0.29) is 6.04 Å². The predicted octanol–water partition coefficient (Wildman–Crippen LogP) is 2.54. The summed E-state index contributed by atoms with van der Waals surface area (Å²) in [5.41, 5.74) is 6.96. The average Bonchev–Trinajstić information content (AvgIpc) is 2.92. The third kappa shape index (κ3) is 2.46. The molecule has 2 aromatic rings. The van der Waals surface area contributed by atoms with Gasteiger partial charge >= 0.3 is 0 Å². The summed E-state index contributed by atoms with van der Waals surface area (Å²) in [5.74, 6) is 0.967. The number of nitrogens with zero attached hydrogens (tertiary/aromatic N) is 1. The van der Waals surface area contributed by atoms with Gasteiger partial charge in [-0.15, -0.1) is 0 Å². The molecule has 0 radical (unpaired) electrons. The number of nitrogens with two attached hydrogens (primary N) is 1. The van der Waals surface area contributed by atoms with E-state index in [2.05, 4.69) is 24.0 Å². The highest BCUT2D eigenvalue weighted by Crippen LogP contribution is 2.29. The minimum absolute atomic E-state index is 0.135. The molecule has 2 atom stereocenters. The summed E-state index contributed by atoms with van der Waals surface area (Å²) >= 11 is 0. The van der Waals surface area contributed by atoms with Gasteiger partial charge in [-0.1, -0.05) is 25.1 Å². The van der Waals surface area contributed by atoms with Crippen molar-refractivity contribution in [3.63, 3.8) is 0 Å². The first-order valence-electron chi connectivity index (χ1n) is 7.35. The third-order valence-electron chi connectivity index (χ3n) is 4.14. The Labute approximate surface area is 119 Å². The molecular weight excluding hydrogens is 252 g/mol. The number of furan rings is 1. The van der Waals surface area contributed by atoms with Crippen LogP contribution in [0.15, 0.2) is 34.7 Å². The molecule has 0 amide bonds. The molecule has 4 heteroatoms. The van der Waals surface area contributed by atoms with E-state index in [1.54, 1.807) is 0 Å². The van der Waals surface area contributed by atoms with Crippen LogP contribution in [-0.2, 0) is 4.74 Å². The zero-order valence-electron chi connectivity index (χ0n) is 11.9. The second kappa shape index (κ2) is 5.95. The molecule has 1 aliphatic heterocycles. The van der Waals surface area contributed by atoms with Crippen molar-refractivity contribution in [3.8, 4) is 0 Å². The van der Waals surface area contributed by atoms with E-state index in [0.29, 0.717) is 12.6 Å².